The quantitative estimate of drug-likeness (QED) is 0.848. The van der Waals surface area contributed by atoms with Crippen LogP contribution < -0.4 is 5.32 Å². The van der Waals surface area contributed by atoms with Gasteiger partial charge in [0.25, 0.3) is 5.91 Å². The van der Waals surface area contributed by atoms with Crippen LogP contribution in [0.15, 0.2) is 54.6 Å². The van der Waals surface area contributed by atoms with Crippen LogP contribution in [0.1, 0.15) is 15.9 Å². The first kappa shape index (κ1) is 12.4. The number of carbonyl (C=O) groups is 2. The smallest absolute Gasteiger partial charge is 0.262 e. The van der Waals surface area contributed by atoms with Gasteiger partial charge >= 0.3 is 0 Å². The van der Waals surface area contributed by atoms with Gasteiger partial charge in [0.15, 0.2) is 0 Å². The molecule has 1 N–H and O–H groups in total. The third-order valence-corrected chi connectivity index (χ3v) is 3.32. The minimum atomic E-state index is -0.251. The first-order valence-corrected chi connectivity index (χ1v) is 6.47. The van der Waals surface area contributed by atoms with E-state index in [4.69, 9.17) is 0 Å². The Morgan fingerprint density at radius 2 is 1.65 bits per heavy atom. The molecule has 1 aliphatic rings. The van der Waals surface area contributed by atoms with Crippen LogP contribution in [0.4, 0.5) is 5.69 Å². The summed E-state index contributed by atoms with van der Waals surface area (Å²) in [6.45, 7) is 0.435. The highest BCUT2D eigenvalue weighted by Gasteiger charge is 2.27. The Labute approximate surface area is 117 Å². The zero-order chi connectivity index (χ0) is 13.9. The van der Waals surface area contributed by atoms with Crippen LogP contribution in [0.5, 0.6) is 0 Å². The summed E-state index contributed by atoms with van der Waals surface area (Å²) in [5.41, 5.74) is 2.18. The number of rotatable bonds is 2. The third kappa shape index (κ3) is 2.28. The first-order valence-electron chi connectivity index (χ1n) is 6.47. The molecular weight excluding hydrogens is 252 g/mol. The molecule has 0 spiro atoms. The van der Waals surface area contributed by atoms with Crippen molar-refractivity contribution < 1.29 is 9.59 Å². The van der Waals surface area contributed by atoms with Gasteiger partial charge in [-0.15, -0.1) is 0 Å². The number of nitrogens with zero attached hydrogens (tertiary/aromatic N) is 1. The molecule has 0 saturated heterocycles. The third-order valence-electron chi connectivity index (χ3n) is 3.32. The molecule has 0 bridgehead atoms. The van der Waals surface area contributed by atoms with Gasteiger partial charge in [0.2, 0.25) is 5.91 Å². The van der Waals surface area contributed by atoms with Crippen molar-refractivity contribution in [3.05, 3.63) is 65.7 Å². The molecule has 0 radical (unpaired) electrons. The predicted octanol–water partition coefficient (Wildman–Crippen LogP) is 2.28. The number of hydrogen-bond donors (Lipinski definition) is 1. The monoisotopic (exact) mass is 266 g/mol. The van der Waals surface area contributed by atoms with E-state index in [1.54, 1.807) is 12.1 Å². The van der Waals surface area contributed by atoms with Crippen molar-refractivity contribution >= 4 is 17.5 Å². The molecule has 0 fully saturated rings. The van der Waals surface area contributed by atoms with Crippen molar-refractivity contribution in [1.29, 1.82) is 0 Å². The van der Waals surface area contributed by atoms with Crippen LogP contribution in [0.2, 0.25) is 0 Å². The summed E-state index contributed by atoms with van der Waals surface area (Å²) >= 11 is 0. The first-order chi connectivity index (χ1) is 9.75. The number of nitrogens with one attached hydrogen (secondary N) is 1. The Kier molecular flexibility index (Phi) is 3.21. The maximum absolute atomic E-state index is 12.5. The molecule has 20 heavy (non-hydrogen) atoms. The highest BCUT2D eigenvalue weighted by atomic mass is 16.2. The number of amides is 2. The maximum atomic E-state index is 12.5. The van der Waals surface area contributed by atoms with Gasteiger partial charge in [-0.2, -0.15) is 0 Å². The molecule has 2 amide bonds. The van der Waals surface area contributed by atoms with E-state index in [1.807, 2.05) is 42.5 Å². The number of imide groups is 1. The maximum Gasteiger partial charge on any atom is 0.262 e. The van der Waals surface area contributed by atoms with Crippen molar-refractivity contribution in [3.8, 4) is 0 Å². The fourth-order valence-electron chi connectivity index (χ4n) is 2.27. The zero-order valence-electron chi connectivity index (χ0n) is 10.9. The van der Waals surface area contributed by atoms with E-state index >= 15 is 0 Å². The lowest BCUT2D eigenvalue weighted by atomic mass is 10.1. The average molecular weight is 266 g/mol. The number of fused-ring (bicyclic) bond motifs is 1. The summed E-state index contributed by atoms with van der Waals surface area (Å²) in [7, 11) is 0. The Balaban J connectivity index is 1.94. The average Bonchev–Trinajstić information content (AvgIpc) is 2.61. The second-order valence-corrected chi connectivity index (χ2v) is 4.67. The Bertz CT molecular complexity index is 653. The minimum absolute atomic E-state index is 0.135. The highest BCUT2D eigenvalue weighted by Crippen LogP contribution is 2.21. The van der Waals surface area contributed by atoms with Gasteiger partial charge < -0.3 is 5.32 Å². The molecule has 0 saturated carbocycles. The summed E-state index contributed by atoms with van der Waals surface area (Å²) in [6, 6.07) is 16.7. The molecular formula is C16H14N2O2. The van der Waals surface area contributed by atoms with E-state index in [9.17, 15) is 9.59 Å². The van der Waals surface area contributed by atoms with E-state index in [2.05, 4.69) is 5.32 Å². The van der Waals surface area contributed by atoms with E-state index in [-0.39, 0.29) is 18.4 Å². The minimum Gasteiger partial charge on any atom is -0.375 e. The normalized spacial score (nSPS) is 14.5. The summed E-state index contributed by atoms with van der Waals surface area (Å²) in [5.74, 6) is -0.463. The van der Waals surface area contributed by atoms with Gasteiger partial charge in [-0.05, 0) is 17.7 Å². The fourth-order valence-corrected chi connectivity index (χ4v) is 2.27. The zero-order valence-corrected chi connectivity index (χ0v) is 10.9. The van der Waals surface area contributed by atoms with Gasteiger partial charge in [0, 0.05) is 5.69 Å². The Morgan fingerprint density at radius 1 is 0.950 bits per heavy atom. The molecule has 100 valence electrons. The summed E-state index contributed by atoms with van der Waals surface area (Å²) in [5, 5.41) is 3.01. The van der Waals surface area contributed by atoms with Crippen molar-refractivity contribution in [2.24, 2.45) is 0 Å². The van der Waals surface area contributed by atoms with E-state index in [0.29, 0.717) is 17.8 Å². The lowest BCUT2D eigenvalue weighted by Crippen LogP contribution is -2.37. The molecule has 0 aliphatic carbocycles. The van der Waals surface area contributed by atoms with Gasteiger partial charge in [-0.3, -0.25) is 14.5 Å². The second-order valence-electron chi connectivity index (χ2n) is 4.67. The summed E-state index contributed by atoms with van der Waals surface area (Å²) in [6.07, 6.45) is 0. The second kappa shape index (κ2) is 5.17. The molecule has 2 aromatic rings. The number of anilines is 1. The predicted molar refractivity (Wildman–Crippen MR) is 76.3 cm³/mol. The van der Waals surface area contributed by atoms with Crippen LogP contribution in [0, 0.1) is 0 Å². The lowest BCUT2D eigenvalue weighted by Gasteiger charge is -2.18. The molecule has 2 aromatic carbocycles. The van der Waals surface area contributed by atoms with Crippen molar-refractivity contribution in [1.82, 2.24) is 4.90 Å². The van der Waals surface area contributed by atoms with Crippen molar-refractivity contribution in [2.45, 2.75) is 6.54 Å². The molecule has 3 rings (SSSR count). The Morgan fingerprint density at radius 3 is 2.45 bits per heavy atom. The number of para-hydroxylation sites is 1. The van der Waals surface area contributed by atoms with Gasteiger partial charge in [-0.25, -0.2) is 0 Å². The van der Waals surface area contributed by atoms with Crippen LogP contribution in [-0.2, 0) is 11.3 Å². The summed E-state index contributed by atoms with van der Waals surface area (Å²) in [4.78, 5) is 26.0. The summed E-state index contributed by atoms with van der Waals surface area (Å²) < 4.78 is 0. The van der Waals surface area contributed by atoms with Crippen LogP contribution in [0.3, 0.4) is 0 Å². The Hall–Kier alpha value is -2.62. The van der Waals surface area contributed by atoms with Crippen LogP contribution in [0.25, 0.3) is 0 Å². The number of carbonyl (C=O) groups excluding carboxylic acids is 2. The fraction of sp³-hybridized carbons (Fsp3) is 0.125. The van der Waals surface area contributed by atoms with E-state index < -0.39 is 0 Å². The van der Waals surface area contributed by atoms with Crippen LogP contribution >= 0.6 is 0 Å². The topological polar surface area (TPSA) is 49.4 Å². The number of hydrogen-bond acceptors (Lipinski definition) is 3. The highest BCUT2D eigenvalue weighted by molar-refractivity contribution is 6.10. The largest absolute Gasteiger partial charge is 0.375 e. The van der Waals surface area contributed by atoms with Gasteiger partial charge in [0.1, 0.15) is 0 Å². The van der Waals surface area contributed by atoms with Crippen LogP contribution in [-0.4, -0.2) is 23.3 Å². The van der Waals surface area contributed by atoms with Gasteiger partial charge in [0.05, 0.1) is 18.7 Å². The standard InChI is InChI=1S/C16H14N2O2/c19-15-10-17-14-9-5-4-8-13(14)16(20)18(15)11-12-6-2-1-3-7-12/h1-9,17H,10-11H2. The van der Waals surface area contributed by atoms with E-state index in [0.717, 1.165) is 5.56 Å². The van der Waals surface area contributed by atoms with Crippen molar-refractivity contribution in [2.75, 3.05) is 11.9 Å². The molecule has 4 heteroatoms. The van der Waals surface area contributed by atoms with Crippen molar-refractivity contribution in [3.63, 3.8) is 0 Å². The molecule has 0 atom stereocenters. The molecule has 1 aliphatic heterocycles. The van der Waals surface area contributed by atoms with Gasteiger partial charge in [-0.1, -0.05) is 42.5 Å². The number of benzene rings is 2. The van der Waals surface area contributed by atoms with E-state index in [1.165, 1.54) is 4.90 Å². The molecule has 4 nitrogen and oxygen atoms in total. The molecule has 0 aromatic heterocycles. The molecule has 1 heterocycles. The molecule has 0 unspecified atom stereocenters. The lowest BCUT2D eigenvalue weighted by molar-refractivity contribution is -0.127. The SMILES string of the molecule is O=C1CNc2ccccc2C(=O)N1Cc1ccccc1.